The van der Waals surface area contributed by atoms with Gasteiger partial charge < -0.3 is 9.64 Å². The van der Waals surface area contributed by atoms with Gasteiger partial charge in [0.2, 0.25) is 15.9 Å². The van der Waals surface area contributed by atoms with E-state index in [-0.39, 0.29) is 23.9 Å². The van der Waals surface area contributed by atoms with Crippen molar-refractivity contribution in [3.63, 3.8) is 0 Å². The molecule has 0 spiro atoms. The summed E-state index contributed by atoms with van der Waals surface area (Å²) in [5.74, 6) is 0.410. The fraction of sp³-hybridized carbons (Fsp3) is 0.250. The molecule has 1 aliphatic heterocycles. The van der Waals surface area contributed by atoms with Crippen LogP contribution in [-0.4, -0.2) is 56.8 Å². The van der Waals surface area contributed by atoms with Crippen molar-refractivity contribution in [1.82, 2.24) is 9.21 Å². The lowest BCUT2D eigenvalue weighted by Gasteiger charge is -2.33. The molecule has 6 nitrogen and oxygen atoms in total. The summed E-state index contributed by atoms with van der Waals surface area (Å²) in [5.41, 5.74) is 0.692. The van der Waals surface area contributed by atoms with E-state index in [1.54, 1.807) is 48.4 Å². The fourth-order valence-corrected chi connectivity index (χ4v) is 4.74. The molecule has 9 heteroatoms. The van der Waals surface area contributed by atoms with E-state index in [2.05, 4.69) is 0 Å². The fourth-order valence-electron chi connectivity index (χ4n) is 3.01. The molecule has 0 bridgehead atoms. The van der Waals surface area contributed by atoms with Gasteiger partial charge in [0.1, 0.15) is 5.75 Å². The van der Waals surface area contributed by atoms with Crippen molar-refractivity contribution >= 4 is 45.2 Å². The molecule has 1 aliphatic rings. The third-order valence-corrected chi connectivity index (χ3v) is 7.00. The van der Waals surface area contributed by atoms with Gasteiger partial charge in [-0.25, -0.2) is 8.42 Å². The second kappa shape index (κ2) is 9.17. The summed E-state index contributed by atoms with van der Waals surface area (Å²) in [7, 11) is -2.07. The monoisotopic (exact) mass is 454 g/mol. The molecule has 154 valence electrons. The Morgan fingerprint density at radius 3 is 2.24 bits per heavy atom. The van der Waals surface area contributed by atoms with Crippen LogP contribution in [0.5, 0.6) is 5.75 Å². The highest BCUT2D eigenvalue weighted by atomic mass is 35.5. The van der Waals surface area contributed by atoms with Gasteiger partial charge in [-0.2, -0.15) is 4.31 Å². The van der Waals surface area contributed by atoms with E-state index in [4.69, 9.17) is 27.9 Å². The van der Waals surface area contributed by atoms with Crippen molar-refractivity contribution in [1.29, 1.82) is 0 Å². The Balaban J connectivity index is 1.64. The first-order valence-corrected chi connectivity index (χ1v) is 11.1. The summed E-state index contributed by atoms with van der Waals surface area (Å²) in [6, 6.07) is 11.2. The van der Waals surface area contributed by atoms with Gasteiger partial charge in [0.05, 0.1) is 12.0 Å². The topological polar surface area (TPSA) is 66.9 Å². The lowest BCUT2D eigenvalue weighted by Crippen LogP contribution is -2.50. The number of hydrogen-bond acceptors (Lipinski definition) is 4. The Morgan fingerprint density at radius 1 is 1.00 bits per heavy atom. The van der Waals surface area contributed by atoms with Crippen LogP contribution < -0.4 is 4.74 Å². The van der Waals surface area contributed by atoms with Gasteiger partial charge >= 0.3 is 0 Å². The van der Waals surface area contributed by atoms with E-state index in [1.165, 1.54) is 22.5 Å². The van der Waals surface area contributed by atoms with Crippen LogP contribution in [0.3, 0.4) is 0 Å². The number of piperazine rings is 1. The zero-order valence-corrected chi connectivity index (χ0v) is 18.0. The molecule has 0 unspecified atom stereocenters. The van der Waals surface area contributed by atoms with Gasteiger partial charge in [0, 0.05) is 47.9 Å². The van der Waals surface area contributed by atoms with Gasteiger partial charge in [-0.1, -0.05) is 23.2 Å². The van der Waals surface area contributed by atoms with Crippen LogP contribution >= 0.6 is 23.2 Å². The molecule has 29 heavy (non-hydrogen) atoms. The van der Waals surface area contributed by atoms with Crippen molar-refractivity contribution in [2.45, 2.75) is 4.90 Å². The number of carbonyl (C=O) groups excluding carboxylic acids is 1. The van der Waals surface area contributed by atoms with Crippen molar-refractivity contribution in [3.05, 3.63) is 64.1 Å². The summed E-state index contributed by atoms with van der Waals surface area (Å²) >= 11 is 11.8. The third-order valence-electron chi connectivity index (χ3n) is 4.60. The Kier molecular flexibility index (Phi) is 6.85. The summed E-state index contributed by atoms with van der Waals surface area (Å²) < 4.78 is 32.1. The van der Waals surface area contributed by atoms with Crippen molar-refractivity contribution in [2.75, 3.05) is 33.3 Å². The molecule has 1 amide bonds. The summed E-state index contributed by atoms with van der Waals surface area (Å²) in [6.45, 7) is 1.07. The van der Waals surface area contributed by atoms with Gasteiger partial charge in [0.15, 0.2) is 0 Å². The maximum absolute atomic E-state index is 12.7. The van der Waals surface area contributed by atoms with Crippen LogP contribution in [0.2, 0.25) is 10.0 Å². The van der Waals surface area contributed by atoms with E-state index in [0.29, 0.717) is 34.4 Å². The highest BCUT2D eigenvalue weighted by Gasteiger charge is 2.29. The number of hydrogen-bond donors (Lipinski definition) is 0. The maximum atomic E-state index is 12.7. The lowest BCUT2D eigenvalue weighted by molar-refractivity contribution is -0.127. The van der Waals surface area contributed by atoms with Crippen molar-refractivity contribution in [3.8, 4) is 5.75 Å². The lowest BCUT2D eigenvalue weighted by atomic mass is 10.2. The number of methoxy groups -OCH3 is 1. The molecule has 0 atom stereocenters. The number of carbonyl (C=O) groups is 1. The van der Waals surface area contributed by atoms with E-state index in [1.807, 2.05) is 0 Å². The molecule has 1 saturated heterocycles. The largest absolute Gasteiger partial charge is 0.496 e. The first-order chi connectivity index (χ1) is 13.8. The second-order valence-electron chi connectivity index (χ2n) is 6.40. The number of nitrogens with zero attached hydrogens (tertiary/aromatic N) is 2. The maximum Gasteiger partial charge on any atom is 0.246 e. The Labute approximate surface area is 180 Å². The Bertz CT molecular complexity index is 1020. The first-order valence-electron chi connectivity index (χ1n) is 8.87. The van der Waals surface area contributed by atoms with E-state index < -0.39 is 10.0 Å². The van der Waals surface area contributed by atoms with Gasteiger partial charge in [-0.05, 0) is 48.5 Å². The molecule has 1 heterocycles. The predicted octanol–water partition coefficient (Wildman–Crippen LogP) is 3.55. The molecule has 0 aromatic heterocycles. The normalized spacial score (nSPS) is 15.6. The molecule has 0 aliphatic carbocycles. The molecular weight excluding hydrogens is 435 g/mol. The van der Waals surface area contributed by atoms with Crippen molar-refractivity contribution in [2.24, 2.45) is 0 Å². The van der Waals surface area contributed by atoms with Crippen LogP contribution in [0, 0.1) is 0 Å². The molecular formula is C20H20Cl2N2O4S. The number of rotatable bonds is 5. The third kappa shape index (κ3) is 5.11. The number of halogens is 2. The standard InChI is InChI=1S/C20H20Cl2N2O4S/c1-28-19-8-5-17(22)14-15(19)2-9-20(25)23-10-12-24(13-11-23)29(26,27)18-6-3-16(21)4-7-18/h2-9,14H,10-13H2,1H3/b9-2+. The van der Waals surface area contributed by atoms with Crippen LogP contribution in [-0.2, 0) is 14.8 Å². The Morgan fingerprint density at radius 2 is 1.62 bits per heavy atom. The zero-order valence-electron chi connectivity index (χ0n) is 15.7. The average Bonchev–Trinajstić information content (AvgIpc) is 2.72. The summed E-state index contributed by atoms with van der Waals surface area (Å²) in [4.78, 5) is 14.3. The van der Waals surface area contributed by atoms with Gasteiger partial charge in [-0.3, -0.25) is 4.79 Å². The minimum absolute atomic E-state index is 0.189. The quantitative estimate of drug-likeness (QED) is 0.647. The highest BCUT2D eigenvalue weighted by molar-refractivity contribution is 7.89. The van der Waals surface area contributed by atoms with E-state index in [0.717, 1.165) is 0 Å². The molecule has 0 N–H and O–H groups in total. The second-order valence-corrected chi connectivity index (χ2v) is 9.21. The molecule has 0 radical (unpaired) electrons. The zero-order chi connectivity index (χ0) is 21.0. The molecule has 2 aromatic rings. The first kappa shape index (κ1) is 21.6. The average molecular weight is 455 g/mol. The summed E-state index contributed by atoms with van der Waals surface area (Å²) in [5, 5.41) is 1.02. The molecule has 3 rings (SSSR count). The summed E-state index contributed by atoms with van der Waals surface area (Å²) in [6.07, 6.45) is 3.08. The van der Waals surface area contributed by atoms with E-state index >= 15 is 0 Å². The van der Waals surface area contributed by atoms with Crippen LogP contribution in [0.15, 0.2) is 53.4 Å². The smallest absolute Gasteiger partial charge is 0.246 e. The molecule has 2 aromatic carbocycles. The molecule has 1 fully saturated rings. The SMILES string of the molecule is COc1ccc(Cl)cc1/C=C/C(=O)N1CCN(S(=O)(=O)c2ccc(Cl)cc2)CC1. The minimum Gasteiger partial charge on any atom is -0.496 e. The molecule has 0 saturated carbocycles. The van der Waals surface area contributed by atoms with Crippen LogP contribution in [0.1, 0.15) is 5.56 Å². The van der Waals surface area contributed by atoms with Crippen molar-refractivity contribution < 1.29 is 17.9 Å². The number of ether oxygens (including phenoxy) is 1. The van der Waals surface area contributed by atoms with Gasteiger partial charge in [0.25, 0.3) is 0 Å². The van der Waals surface area contributed by atoms with Crippen LogP contribution in [0.4, 0.5) is 0 Å². The van der Waals surface area contributed by atoms with Gasteiger partial charge in [-0.15, -0.1) is 0 Å². The number of sulfonamides is 1. The predicted molar refractivity (Wildman–Crippen MR) is 114 cm³/mol. The number of benzene rings is 2. The van der Waals surface area contributed by atoms with Crippen LogP contribution in [0.25, 0.3) is 6.08 Å². The highest BCUT2D eigenvalue weighted by Crippen LogP contribution is 2.24. The van der Waals surface area contributed by atoms with E-state index in [9.17, 15) is 13.2 Å². The Hall–Kier alpha value is -2.06. The minimum atomic E-state index is -3.61. The number of amides is 1.